The van der Waals surface area contributed by atoms with Crippen LogP contribution in [0.2, 0.25) is 0 Å². The van der Waals surface area contributed by atoms with Crippen molar-refractivity contribution in [1.82, 2.24) is 9.78 Å². The molecule has 6 nitrogen and oxygen atoms in total. The number of allylic oxidation sites excluding steroid dienone is 1. The molecule has 1 aliphatic carbocycles. The summed E-state index contributed by atoms with van der Waals surface area (Å²) >= 11 is 0. The Labute approximate surface area is 193 Å². The molecule has 1 saturated carbocycles. The van der Waals surface area contributed by atoms with E-state index in [-0.39, 0.29) is 11.0 Å². The topological polar surface area (TPSA) is 87.2 Å². The molecule has 2 unspecified atom stereocenters. The van der Waals surface area contributed by atoms with E-state index in [0.717, 1.165) is 16.9 Å². The first-order valence-corrected chi connectivity index (χ1v) is 11.4. The van der Waals surface area contributed by atoms with Crippen LogP contribution in [0.4, 0.5) is 5.69 Å². The lowest BCUT2D eigenvalue weighted by Crippen LogP contribution is -2.65. The molecule has 1 aromatic heterocycles. The predicted molar refractivity (Wildman–Crippen MR) is 126 cm³/mol. The number of nitrogens with one attached hydrogen (secondary N) is 1. The maximum absolute atomic E-state index is 13.3. The summed E-state index contributed by atoms with van der Waals surface area (Å²) < 4.78 is 1.44. The van der Waals surface area contributed by atoms with Crippen molar-refractivity contribution in [2.45, 2.75) is 51.2 Å². The normalized spacial score (nSPS) is 27.0. The number of fused-ring (bicyclic) bond motifs is 1. The number of nitrogens with zero attached hydrogens (tertiary/aromatic N) is 2. The second-order valence-corrected chi connectivity index (χ2v) is 9.92. The fourth-order valence-corrected chi connectivity index (χ4v) is 5.61. The molecule has 1 aliphatic heterocycles. The smallest absolute Gasteiger partial charge is 0.274 e. The van der Waals surface area contributed by atoms with E-state index in [2.05, 4.69) is 36.0 Å². The number of rotatable bonds is 3. The van der Waals surface area contributed by atoms with Crippen molar-refractivity contribution in [3.63, 3.8) is 0 Å². The SMILES string of the molecule is Cc1cccc(-n2[nH]c(C)c(C3C([O-])C(/C=C4/N(C)c5ccccc5C4(C)C)C3[O-])c2=O)c1. The highest BCUT2D eigenvalue weighted by Crippen LogP contribution is 2.49. The number of para-hydroxylation sites is 1. The summed E-state index contributed by atoms with van der Waals surface area (Å²) in [4.78, 5) is 15.3. The molecule has 6 heteroatoms. The van der Waals surface area contributed by atoms with Crippen LogP contribution < -0.4 is 20.7 Å². The number of hydrogen-bond acceptors (Lipinski definition) is 4. The third kappa shape index (κ3) is 3.12. The quantitative estimate of drug-likeness (QED) is 0.673. The standard InChI is InChI=1S/C27H29N3O3/c1-15-9-8-10-17(13-15)30-26(33)22(16(2)28-30)23-24(31)18(25(23)32)14-21-27(3,4)19-11-6-7-12-20(19)29(21)5/h6-14,18,23-25,28H,1-5H3/q-2/b21-14+. The highest BCUT2D eigenvalue weighted by Gasteiger charge is 2.43. The van der Waals surface area contributed by atoms with Crippen LogP contribution in [0.15, 0.2) is 65.1 Å². The zero-order chi connectivity index (χ0) is 23.7. The van der Waals surface area contributed by atoms with Crippen LogP contribution in [0.25, 0.3) is 5.69 Å². The molecule has 172 valence electrons. The molecule has 2 aliphatic rings. The molecule has 3 aromatic rings. The van der Waals surface area contributed by atoms with Crippen LogP contribution in [0.1, 0.15) is 42.1 Å². The Balaban J connectivity index is 1.47. The highest BCUT2D eigenvalue weighted by molar-refractivity contribution is 5.69. The zero-order valence-corrected chi connectivity index (χ0v) is 19.6. The fourth-order valence-electron chi connectivity index (χ4n) is 5.61. The molecule has 1 N–H and O–H groups in total. The van der Waals surface area contributed by atoms with E-state index in [1.807, 2.05) is 56.4 Å². The number of H-pyrrole nitrogens is 1. The van der Waals surface area contributed by atoms with E-state index in [4.69, 9.17) is 0 Å². The molecular formula is C27H29N3O3-2. The maximum atomic E-state index is 13.3. The van der Waals surface area contributed by atoms with Gasteiger partial charge < -0.3 is 15.1 Å². The average molecular weight is 444 g/mol. The van der Waals surface area contributed by atoms with Gasteiger partial charge in [-0.25, -0.2) is 4.68 Å². The summed E-state index contributed by atoms with van der Waals surface area (Å²) in [5.41, 5.74) is 5.29. The third-order valence-electron chi connectivity index (χ3n) is 7.47. The number of aromatic amines is 1. The van der Waals surface area contributed by atoms with Gasteiger partial charge in [-0.2, -0.15) is 0 Å². The van der Waals surface area contributed by atoms with E-state index in [9.17, 15) is 15.0 Å². The largest absolute Gasteiger partial charge is 0.851 e. The third-order valence-corrected chi connectivity index (χ3v) is 7.47. The lowest BCUT2D eigenvalue weighted by atomic mass is 9.65. The van der Waals surface area contributed by atoms with Gasteiger partial charge in [-0.05, 0) is 55.0 Å². The first-order chi connectivity index (χ1) is 15.6. The van der Waals surface area contributed by atoms with Crippen LogP contribution in [-0.4, -0.2) is 29.0 Å². The summed E-state index contributed by atoms with van der Waals surface area (Å²) in [5.74, 6) is -1.51. The van der Waals surface area contributed by atoms with E-state index in [1.165, 1.54) is 10.2 Å². The zero-order valence-electron chi connectivity index (χ0n) is 19.6. The van der Waals surface area contributed by atoms with Crippen LogP contribution in [0.3, 0.4) is 0 Å². The molecule has 5 rings (SSSR count). The van der Waals surface area contributed by atoms with Crippen molar-refractivity contribution in [2.24, 2.45) is 5.92 Å². The summed E-state index contributed by atoms with van der Waals surface area (Å²) in [5, 5.41) is 29.7. The number of likely N-dealkylation sites (N-methyl/N-ethyl adjacent to an activating group) is 1. The van der Waals surface area contributed by atoms with Crippen molar-refractivity contribution < 1.29 is 10.2 Å². The summed E-state index contributed by atoms with van der Waals surface area (Å²) in [6.07, 6.45) is -0.436. The minimum atomic E-state index is -1.15. The predicted octanol–water partition coefficient (Wildman–Crippen LogP) is 2.27. The number of hydrogen-bond donors (Lipinski definition) is 1. The molecule has 33 heavy (non-hydrogen) atoms. The van der Waals surface area contributed by atoms with Crippen molar-refractivity contribution in [2.75, 3.05) is 11.9 Å². The van der Waals surface area contributed by atoms with Gasteiger partial charge in [0.1, 0.15) is 0 Å². The summed E-state index contributed by atoms with van der Waals surface area (Å²) in [6.45, 7) is 7.96. The second kappa shape index (κ2) is 7.47. The molecule has 2 heterocycles. The van der Waals surface area contributed by atoms with Gasteiger partial charge in [0.15, 0.2) is 0 Å². The van der Waals surface area contributed by atoms with Gasteiger partial charge in [0.25, 0.3) is 5.56 Å². The van der Waals surface area contributed by atoms with Crippen molar-refractivity contribution in [1.29, 1.82) is 0 Å². The molecule has 0 radical (unpaired) electrons. The van der Waals surface area contributed by atoms with Crippen LogP contribution >= 0.6 is 0 Å². The molecule has 0 amide bonds. The van der Waals surface area contributed by atoms with E-state index < -0.39 is 24.0 Å². The number of aromatic nitrogens is 2. The van der Waals surface area contributed by atoms with Gasteiger partial charge in [0, 0.05) is 35.1 Å². The Morgan fingerprint density at radius 3 is 2.39 bits per heavy atom. The van der Waals surface area contributed by atoms with Gasteiger partial charge in [0.05, 0.1) is 5.69 Å². The van der Waals surface area contributed by atoms with Gasteiger partial charge >= 0.3 is 0 Å². The number of anilines is 1. The molecule has 0 spiro atoms. The Bertz CT molecular complexity index is 1310. The fraction of sp³-hybridized carbons (Fsp3) is 0.370. The Morgan fingerprint density at radius 1 is 1.03 bits per heavy atom. The average Bonchev–Trinajstić information content (AvgIpc) is 3.17. The van der Waals surface area contributed by atoms with Crippen molar-refractivity contribution in [3.05, 3.63) is 93.0 Å². The minimum absolute atomic E-state index is 0.294. The first-order valence-electron chi connectivity index (χ1n) is 11.4. The van der Waals surface area contributed by atoms with Crippen LogP contribution in [-0.2, 0) is 5.41 Å². The lowest BCUT2D eigenvalue weighted by Gasteiger charge is -2.60. The Hall–Kier alpha value is -3.09. The van der Waals surface area contributed by atoms with Crippen LogP contribution in [0, 0.1) is 19.8 Å². The van der Waals surface area contributed by atoms with Crippen LogP contribution in [0.5, 0.6) is 0 Å². The molecule has 0 bridgehead atoms. The first kappa shape index (κ1) is 21.7. The van der Waals surface area contributed by atoms with Crippen molar-refractivity contribution in [3.8, 4) is 5.69 Å². The summed E-state index contributed by atoms with van der Waals surface area (Å²) in [6, 6.07) is 15.7. The van der Waals surface area contributed by atoms with Gasteiger partial charge in [-0.1, -0.05) is 50.3 Å². The Kier molecular flexibility index (Phi) is 4.92. The van der Waals surface area contributed by atoms with Crippen molar-refractivity contribution >= 4 is 5.69 Å². The van der Waals surface area contributed by atoms with Gasteiger partial charge in [-0.15, -0.1) is 12.2 Å². The molecule has 2 aromatic carbocycles. The number of benzene rings is 2. The van der Waals surface area contributed by atoms with E-state index in [0.29, 0.717) is 16.9 Å². The van der Waals surface area contributed by atoms with Gasteiger partial charge in [-0.3, -0.25) is 9.89 Å². The molecular weight excluding hydrogens is 414 g/mol. The highest BCUT2D eigenvalue weighted by atomic mass is 16.3. The van der Waals surface area contributed by atoms with E-state index in [1.54, 1.807) is 6.92 Å². The summed E-state index contributed by atoms with van der Waals surface area (Å²) in [7, 11) is 1.98. The molecule has 2 atom stereocenters. The van der Waals surface area contributed by atoms with E-state index >= 15 is 0 Å². The molecule has 1 fully saturated rings. The van der Waals surface area contributed by atoms with Gasteiger partial charge in [0.2, 0.25) is 0 Å². The molecule has 0 saturated heterocycles. The number of aryl methyl sites for hydroxylation is 2. The lowest BCUT2D eigenvalue weighted by molar-refractivity contribution is -0.543. The minimum Gasteiger partial charge on any atom is -0.851 e. The Morgan fingerprint density at radius 2 is 1.73 bits per heavy atom. The maximum Gasteiger partial charge on any atom is 0.274 e. The second-order valence-electron chi connectivity index (χ2n) is 9.92. The monoisotopic (exact) mass is 443 g/mol.